The molecule has 3 aromatic rings. The van der Waals surface area contributed by atoms with Gasteiger partial charge in [0.25, 0.3) is 11.1 Å². The summed E-state index contributed by atoms with van der Waals surface area (Å²) in [5.41, 5.74) is 1.55. The zero-order valence-electron chi connectivity index (χ0n) is 17.8. The van der Waals surface area contributed by atoms with Crippen LogP contribution in [0.5, 0.6) is 11.5 Å². The molecule has 0 saturated carbocycles. The maximum Gasteiger partial charge on any atom is 0.343 e. The van der Waals surface area contributed by atoms with Crippen LogP contribution in [0, 0.1) is 0 Å². The van der Waals surface area contributed by atoms with Crippen LogP contribution in [0.3, 0.4) is 0 Å². The lowest BCUT2D eigenvalue weighted by atomic mass is 10.1. The molecule has 0 spiro atoms. The van der Waals surface area contributed by atoms with Crippen molar-refractivity contribution in [1.82, 2.24) is 4.90 Å². The molecule has 0 radical (unpaired) electrons. The smallest absolute Gasteiger partial charge is 0.343 e. The molecule has 0 N–H and O–H groups in total. The Balaban J connectivity index is 1.56. The van der Waals surface area contributed by atoms with Crippen molar-refractivity contribution in [2.24, 2.45) is 0 Å². The number of nitrogens with zero attached hydrogens (tertiary/aromatic N) is 1. The summed E-state index contributed by atoms with van der Waals surface area (Å²) in [7, 11) is 1.46. The van der Waals surface area contributed by atoms with Gasteiger partial charge in [-0.05, 0) is 65.4 Å². The third kappa shape index (κ3) is 5.28. The van der Waals surface area contributed by atoms with Gasteiger partial charge in [0, 0.05) is 10.0 Å². The fourth-order valence-corrected chi connectivity index (χ4v) is 4.51. The maximum absolute atomic E-state index is 12.9. The van der Waals surface area contributed by atoms with E-state index in [9.17, 15) is 14.4 Å². The number of rotatable bonds is 6. The number of amides is 2. The van der Waals surface area contributed by atoms with Gasteiger partial charge in [0.15, 0.2) is 11.5 Å². The summed E-state index contributed by atoms with van der Waals surface area (Å²) in [4.78, 5) is 39.2. The van der Waals surface area contributed by atoms with Crippen molar-refractivity contribution < 1.29 is 23.9 Å². The zero-order chi connectivity index (χ0) is 24.2. The van der Waals surface area contributed by atoms with Crippen molar-refractivity contribution >= 4 is 58.2 Å². The second-order valence-corrected chi connectivity index (χ2v) is 9.01. The number of carbonyl (C=O) groups excluding carboxylic acids is 3. The van der Waals surface area contributed by atoms with E-state index in [1.807, 2.05) is 0 Å². The van der Waals surface area contributed by atoms with Gasteiger partial charge in [-0.3, -0.25) is 14.5 Å². The first-order valence-electron chi connectivity index (χ1n) is 10.0. The number of imide groups is 1. The molecule has 0 bridgehead atoms. The van der Waals surface area contributed by atoms with Crippen LogP contribution >= 0.6 is 35.0 Å². The van der Waals surface area contributed by atoms with Crippen molar-refractivity contribution in [1.29, 1.82) is 0 Å². The quantitative estimate of drug-likeness (QED) is 0.214. The molecule has 1 fully saturated rings. The summed E-state index contributed by atoms with van der Waals surface area (Å²) >= 11 is 12.9. The molecule has 9 heteroatoms. The van der Waals surface area contributed by atoms with E-state index in [1.54, 1.807) is 72.8 Å². The number of thioether (sulfide) groups is 1. The van der Waals surface area contributed by atoms with Crippen LogP contribution in [0.4, 0.5) is 4.79 Å². The van der Waals surface area contributed by atoms with Gasteiger partial charge >= 0.3 is 5.97 Å². The molecule has 2 amide bonds. The van der Waals surface area contributed by atoms with Crippen LogP contribution < -0.4 is 9.47 Å². The maximum atomic E-state index is 12.9. The van der Waals surface area contributed by atoms with E-state index in [0.29, 0.717) is 32.5 Å². The molecule has 1 heterocycles. The SMILES string of the molecule is COc1ccc(/C=C2\SC(=O)N(Cc3ccc(Cl)cc3Cl)C2=O)cc1OC(=O)c1ccccc1. The second kappa shape index (κ2) is 10.3. The minimum Gasteiger partial charge on any atom is -0.493 e. The molecule has 4 rings (SSSR count). The van der Waals surface area contributed by atoms with E-state index in [4.69, 9.17) is 32.7 Å². The Morgan fingerprint density at radius 2 is 1.76 bits per heavy atom. The summed E-state index contributed by atoms with van der Waals surface area (Å²) in [6.45, 7) is 0.0283. The van der Waals surface area contributed by atoms with Crippen molar-refractivity contribution in [3.8, 4) is 11.5 Å². The average molecular weight is 514 g/mol. The summed E-state index contributed by atoms with van der Waals surface area (Å²) in [5.74, 6) is -0.444. The van der Waals surface area contributed by atoms with Crippen molar-refractivity contribution in [2.45, 2.75) is 6.54 Å². The molecule has 1 saturated heterocycles. The summed E-state index contributed by atoms with van der Waals surface area (Å²) < 4.78 is 10.8. The lowest BCUT2D eigenvalue weighted by Gasteiger charge is -2.13. The highest BCUT2D eigenvalue weighted by atomic mass is 35.5. The first kappa shape index (κ1) is 23.9. The normalized spacial score (nSPS) is 14.6. The molecule has 0 aliphatic carbocycles. The predicted octanol–water partition coefficient (Wildman–Crippen LogP) is 6.46. The first-order chi connectivity index (χ1) is 16.4. The van der Waals surface area contributed by atoms with Gasteiger partial charge in [-0.2, -0.15) is 0 Å². The van der Waals surface area contributed by atoms with Gasteiger partial charge in [0.1, 0.15) is 0 Å². The summed E-state index contributed by atoms with van der Waals surface area (Å²) in [6.07, 6.45) is 1.56. The highest BCUT2D eigenvalue weighted by Crippen LogP contribution is 2.36. The highest BCUT2D eigenvalue weighted by molar-refractivity contribution is 8.18. The molecular formula is C25H17Cl2NO5S. The highest BCUT2D eigenvalue weighted by Gasteiger charge is 2.35. The molecule has 0 atom stereocenters. The number of carbonyl (C=O) groups is 3. The molecule has 34 heavy (non-hydrogen) atoms. The van der Waals surface area contributed by atoms with Crippen molar-refractivity contribution in [3.63, 3.8) is 0 Å². The number of methoxy groups -OCH3 is 1. The predicted molar refractivity (Wildman–Crippen MR) is 132 cm³/mol. The lowest BCUT2D eigenvalue weighted by Crippen LogP contribution is -2.27. The molecule has 0 aromatic heterocycles. The average Bonchev–Trinajstić information content (AvgIpc) is 3.08. The van der Waals surface area contributed by atoms with Gasteiger partial charge in [0.05, 0.1) is 24.1 Å². The Morgan fingerprint density at radius 3 is 2.47 bits per heavy atom. The van der Waals surface area contributed by atoms with E-state index >= 15 is 0 Å². The van der Waals surface area contributed by atoms with Gasteiger partial charge in [-0.25, -0.2) is 4.79 Å². The van der Waals surface area contributed by atoms with Gasteiger partial charge in [-0.15, -0.1) is 0 Å². The van der Waals surface area contributed by atoms with Crippen LogP contribution in [0.2, 0.25) is 10.0 Å². The van der Waals surface area contributed by atoms with Crippen LogP contribution in [-0.2, 0) is 11.3 Å². The topological polar surface area (TPSA) is 72.9 Å². The summed E-state index contributed by atoms with van der Waals surface area (Å²) in [5, 5.41) is 0.424. The number of esters is 1. The Hall–Kier alpha value is -3.26. The van der Waals surface area contributed by atoms with E-state index in [1.165, 1.54) is 7.11 Å². The number of halogens is 2. The van der Waals surface area contributed by atoms with Gasteiger partial charge in [-0.1, -0.05) is 53.5 Å². The van der Waals surface area contributed by atoms with Crippen LogP contribution in [0.15, 0.2) is 71.6 Å². The Kier molecular flexibility index (Phi) is 7.26. The van der Waals surface area contributed by atoms with Gasteiger partial charge < -0.3 is 9.47 Å². The minimum atomic E-state index is -0.545. The van der Waals surface area contributed by atoms with Crippen LogP contribution in [-0.4, -0.2) is 29.1 Å². The fraction of sp³-hybridized carbons (Fsp3) is 0.0800. The minimum absolute atomic E-state index is 0.0283. The Morgan fingerprint density at radius 1 is 1.00 bits per heavy atom. The molecular weight excluding hydrogens is 497 g/mol. The largest absolute Gasteiger partial charge is 0.493 e. The standard InChI is InChI=1S/C25H17Cl2NO5S/c1-32-20-10-7-15(11-21(20)33-24(30)16-5-3-2-4-6-16)12-22-23(29)28(25(31)34-22)14-17-8-9-18(26)13-19(17)27/h2-13H,14H2,1H3/b22-12-. The zero-order valence-corrected chi connectivity index (χ0v) is 20.1. The fourth-order valence-electron chi connectivity index (χ4n) is 3.20. The molecule has 1 aliphatic heterocycles. The van der Waals surface area contributed by atoms with Crippen LogP contribution in [0.1, 0.15) is 21.5 Å². The summed E-state index contributed by atoms with van der Waals surface area (Å²) in [6, 6.07) is 18.3. The molecule has 6 nitrogen and oxygen atoms in total. The molecule has 1 aliphatic rings. The lowest BCUT2D eigenvalue weighted by molar-refractivity contribution is -0.123. The van der Waals surface area contributed by atoms with E-state index < -0.39 is 17.1 Å². The molecule has 172 valence electrons. The van der Waals surface area contributed by atoms with Crippen molar-refractivity contribution in [2.75, 3.05) is 7.11 Å². The third-order valence-corrected chi connectivity index (χ3v) is 6.41. The van der Waals surface area contributed by atoms with Gasteiger partial charge in [0.2, 0.25) is 0 Å². The van der Waals surface area contributed by atoms with E-state index in [-0.39, 0.29) is 17.2 Å². The first-order valence-corrected chi connectivity index (χ1v) is 11.6. The van der Waals surface area contributed by atoms with Crippen LogP contribution in [0.25, 0.3) is 6.08 Å². The monoisotopic (exact) mass is 513 g/mol. The number of benzene rings is 3. The Labute approximate surface area is 210 Å². The Bertz CT molecular complexity index is 1310. The third-order valence-electron chi connectivity index (χ3n) is 4.91. The van der Waals surface area contributed by atoms with E-state index in [0.717, 1.165) is 16.7 Å². The number of ether oxygens (including phenoxy) is 2. The van der Waals surface area contributed by atoms with E-state index in [2.05, 4.69) is 0 Å². The molecule has 3 aromatic carbocycles. The molecule has 0 unspecified atom stereocenters. The number of hydrogen-bond donors (Lipinski definition) is 0. The number of hydrogen-bond acceptors (Lipinski definition) is 6. The van der Waals surface area contributed by atoms with Crippen molar-refractivity contribution in [3.05, 3.63) is 98.4 Å². The second-order valence-electron chi connectivity index (χ2n) is 7.17.